The molecule has 0 radical (unpaired) electrons. The van der Waals surface area contributed by atoms with E-state index in [1.54, 1.807) is 18.2 Å². The number of rotatable bonds is 1. The monoisotopic (exact) mass is 273 g/mol. The number of fused-ring (bicyclic) bond motifs is 1. The lowest BCUT2D eigenvalue weighted by atomic mass is 10.1. The van der Waals surface area contributed by atoms with Crippen molar-refractivity contribution in [3.63, 3.8) is 0 Å². The summed E-state index contributed by atoms with van der Waals surface area (Å²) >= 11 is 0. The van der Waals surface area contributed by atoms with Gasteiger partial charge in [0.05, 0.1) is 11.0 Å². The van der Waals surface area contributed by atoms with E-state index in [-0.39, 0.29) is 24.5 Å². The molecular weight excluding hydrogens is 262 g/mol. The third-order valence-corrected chi connectivity index (χ3v) is 3.06. The second kappa shape index (κ2) is 4.34. The molecule has 1 aromatic heterocycles. The number of H-pyrrole nitrogens is 1. The van der Waals surface area contributed by atoms with E-state index in [1.807, 2.05) is 0 Å². The van der Waals surface area contributed by atoms with E-state index in [1.165, 1.54) is 0 Å². The van der Waals surface area contributed by atoms with Crippen LogP contribution in [0.4, 0.5) is 5.69 Å². The maximum absolute atomic E-state index is 12.3. The number of carbonyl (C=O) groups is 2. The van der Waals surface area contributed by atoms with Crippen LogP contribution in [0.15, 0.2) is 28.1 Å². The number of carbonyl (C=O) groups excluding carboxylic acids is 2. The van der Waals surface area contributed by atoms with E-state index >= 15 is 0 Å². The zero-order chi connectivity index (χ0) is 14.3. The second-order valence-corrected chi connectivity index (χ2v) is 4.44. The van der Waals surface area contributed by atoms with Gasteiger partial charge in [-0.05, 0) is 18.2 Å². The number of aromatic amines is 1. The van der Waals surface area contributed by atoms with Gasteiger partial charge in [-0.25, -0.2) is 14.8 Å². The number of aromatic nitrogens is 2. The van der Waals surface area contributed by atoms with Gasteiger partial charge in [0.2, 0.25) is 5.91 Å². The summed E-state index contributed by atoms with van der Waals surface area (Å²) in [7, 11) is 0. The molecule has 1 aromatic carbocycles. The van der Waals surface area contributed by atoms with Gasteiger partial charge in [0.15, 0.2) is 0 Å². The molecule has 0 aliphatic carbocycles. The molecule has 0 unspecified atom stereocenters. The second-order valence-electron chi connectivity index (χ2n) is 4.44. The van der Waals surface area contributed by atoms with Crippen molar-refractivity contribution in [3.05, 3.63) is 28.7 Å². The van der Waals surface area contributed by atoms with Gasteiger partial charge in [0, 0.05) is 18.5 Å². The third kappa shape index (κ3) is 1.87. The molecule has 3 rings (SSSR count). The van der Waals surface area contributed by atoms with Crippen LogP contribution in [-0.2, 0) is 4.79 Å². The number of benzene rings is 1. The van der Waals surface area contributed by atoms with Crippen LogP contribution in [0.1, 0.15) is 17.6 Å². The van der Waals surface area contributed by atoms with Crippen LogP contribution in [0.3, 0.4) is 0 Å². The van der Waals surface area contributed by atoms with Crippen LogP contribution >= 0.6 is 0 Å². The Labute approximate surface area is 112 Å². The van der Waals surface area contributed by atoms with E-state index in [4.69, 9.17) is 5.73 Å². The zero-order valence-electron chi connectivity index (χ0n) is 10.3. The van der Waals surface area contributed by atoms with E-state index in [0.29, 0.717) is 16.7 Å². The van der Waals surface area contributed by atoms with Crippen molar-refractivity contribution in [3.8, 4) is 0 Å². The fourth-order valence-corrected chi connectivity index (χ4v) is 2.09. The molecule has 102 valence electrons. The number of hydrogen-bond acceptors (Lipinski definition) is 5. The van der Waals surface area contributed by atoms with Crippen LogP contribution in [0.25, 0.3) is 11.0 Å². The molecule has 1 aliphatic heterocycles. The summed E-state index contributed by atoms with van der Waals surface area (Å²) in [6, 6.07) is 4.76. The van der Waals surface area contributed by atoms with Crippen LogP contribution in [0.5, 0.6) is 0 Å². The summed E-state index contributed by atoms with van der Waals surface area (Å²) < 4.78 is 0.991. The molecule has 0 bridgehead atoms. The number of nitrogens with one attached hydrogen (secondary N) is 2. The van der Waals surface area contributed by atoms with Gasteiger partial charge in [-0.1, -0.05) is 0 Å². The van der Waals surface area contributed by atoms with Crippen molar-refractivity contribution in [1.29, 1.82) is 0 Å². The van der Waals surface area contributed by atoms with E-state index < -0.39 is 11.6 Å². The molecule has 0 fully saturated rings. The fourth-order valence-electron chi connectivity index (χ4n) is 2.09. The van der Waals surface area contributed by atoms with E-state index in [0.717, 1.165) is 4.57 Å². The molecule has 2 aromatic rings. The van der Waals surface area contributed by atoms with Crippen molar-refractivity contribution in [2.75, 3.05) is 5.73 Å². The number of nitrogens with two attached hydrogens (primary N) is 1. The summed E-state index contributed by atoms with van der Waals surface area (Å²) in [6.45, 7) is 0. The van der Waals surface area contributed by atoms with E-state index in [2.05, 4.69) is 15.5 Å². The standard InChI is InChI=1S/C12H11N5O3/c13-6-1-3-9-8(5-6)14-12(20)17(9)11(19)7-2-4-10(18)16-15-7/h1,3,5H,2,4,13H2,(H,14,20)(H,16,18). The molecule has 1 amide bonds. The van der Waals surface area contributed by atoms with Crippen molar-refractivity contribution in [1.82, 2.24) is 15.0 Å². The first-order valence-electron chi connectivity index (χ1n) is 5.96. The molecule has 2 heterocycles. The first-order valence-corrected chi connectivity index (χ1v) is 5.96. The number of anilines is 1. The topological polar surface area (TPSA) is 122 Å². The van der Waals surface area contributed by atoms with Gasteiger partial charge >= 0.3 is 5.69 Å². The Kier molecular flexibility index (Phi) is 2.63. The Morgan fingerprint density at radius 3 is 2.80 bits per heavy atom. The molecule has 1 aliphatic rings. The molecule has 4 N–H and O–H groups in total. The molecule has 8 heteroatoms. The van der Waals surface area contributed by atoms with Gasteiger partial charge in [-0.15, -0.1) is 0 Å². The van der Waals surface area contributed by atoms with Gasteiger partial charge in [0.1, 0.15) is 5.71 Å². The SMILES string of the molecule is Nc1ccc2c(c1)[nH]c(=O)n2C(=O)C1=NNC(=O)CC1. The Bertz CT molecular complexity index is 814. The predicted octanol–water partition coefficient (Wildman–Crippen LogP) is -0.182. The average molecular weight is 273 g/mol. The van der Waals surface area contributed by atoms with Crippen LogP contribution < -0.4 is 16.8 Å². The average Bonchev–Trinajstić information content (AvgIpc) is 2.73. The molecule has 0 atom stereocenters. The Morgan fingerprint density at radius 2 is 2.10 bits per heavy atom. The van der Waals surface area contributed by atoms with Crippen LogP contribution in [-0.4, -0.2) is 27.1 Å². The molecule has 0 saturated heterocycles. The minimum absolute atomic E-state index is 0.143. The third-order valence-electron chi connectivity index (χ3n) is 3.06. The van der Waals surface area contributed by atoms with Crippen molar-refractivity contribution >= 4 is 34.2 Å². The highest BCUT2D eigenvalue weighted by Gasteiger charge is 2.23. The number of nitrogen functional groups attached to an aromatic ring is 1. The number of amides is 1. The van der Waals surface area contributed by atoms with Crippen molar-refractivity contribution in [2.24, 2.45) is 5.10 Å². The highest BCUT2D eigenvalue weighted by molar-refractivity contribution is 6.41. The van der Waals surface area contributed by atoms with Crippen LogP contribution in [0, 0.1) is 0 Å². The van der Waals surface area contributed by atoms with Gasteiger partial charge < -0.3 is 10.7 Å². The van der Waals surface area contributed by atoms with Crippen molar-refractivity contribution in [2.45, 2.75) is 12.8 Å². The Morgan fingerprint density at radius 1 is 1.30 bits per heavy atom. The molecule has 0 spiro atoms. The molecule has 8 nitrogen and oxygen atoms in total. The number of hydrazone groups is 1. The quantitative estimate of drug-likeness (QED) is 0.623. The number of hydrogen-bond donors (Lipinski definition) is 3. The number of nitrogens with zero attached hydrogens (tertiary/aromatic N) is 2. The first-order chi connectivity index (χ1) is 9.56. The largest absolute Gasteiger partial charge is 0.399 e. The van der Waals surface area contributed by atoms with E-state index in [9.17, 15) is 14.4 Å². The maximum Gasteiger partial charge on any atom is 0.333 e. The summed E-state index contributed by atoms with van der Waals surface area (Å²) in [6.07, 6.45) is 0.382. The van der Waals surface area contributed by atoms with Crippen molar-refractivity contribution < 1.29 is 9.59 Å². The summed E-state index contributed by atoms with van der Waals surface area (Å²) in [5.41, 5.74) is 8.83. The predicted molar refractivity (Wildman–Crippen MR) is 72.4 cm³/mol. The number of imidazole rings is 1. The fraction of sp³-hybridized carbons (Fsp3) is 0.167. The van der Waals surface area contributed by atoms with Gasteiger partial charge in [-0.3, -0.25) is 9.59 Å². The highest BCUT2D eigenvalue weighted by atomic mass is 16.2. The van der Waals surface area contributed by atoms with Gasteiger partial charge in [0.25, 0.3) is 5.91 Å². The molecule has 0 saturated carbocycles. The van der Waals surface area contributed by atoms with Gasteiger partial charge in [-0.2, -0.15) is 5.10 Å². The lowest BCUT2D eigenvalue weighted by Gasteiger charge is -2.11. The Balaban J connectivity index is 2.10. The van der Waals surface area contributed by atoms with Crippen LogP contribution in [0.2, 0.25) is 0 Å². The summed E-state index contributed by atoms with van der Waals surface area (Å²) in [5, 5.41) is 3.70. The first kappa shape index (κ1) is 12.2. The minimum Gasteiger partial charge on any atom is -0.399 e. The summed E-state index contributed by atoms with van der Waals surface area (Å²) in [4.78, 5) is 37.8. The zero-order valence-corrected chi connectivity index (χ0v) is 10.3. The normalized spacial score (nSPS) is 15.0. The Hall–Kier alpha value is -2.90. The lowest BCUT2D eigenvalue weighted by molar-refractivity contribution is -0.121. The smallest absolute Gasteiger partial charge is 0.333 e. The maximum atomic E-state index is 12.3. The molecular formula is C12H11N5O3. The molecule has 20 heavy (non-hydrogen) atoms. The lowest BCUT2D eigenvalue weighted by Crippen LogP contribution is -2.35. The minimum atomic E-state index is -0.560. The summed E-state index contributed by atoms with van der Waals surface area (Å²) in [5.74, 6) is -0.799. The highest BCUT2D eigenvalue weighted by Crippen LogP contribution is 2.14.